The van der Waals surface area contributed by atoms with Gasteiger partial charge in [0.1, 0.15) is 6.07 Å². The number of rotatable bonds is 4. The summed E-state index contributed by atoms with van der Waals surface area (Å²) in [7, 11) is 0. The molecular weight excluding hydrogens is 260 g/mol. The van der Waals surface area contributed by atoms with E-state index in [9.17, 15) is 0 Å². The van der Waals surface area contributed by atoms with Crippen LogP contribution in [0.15, 0.2) is 30.7 Å². The van der Waals surface area contributed by atoms with Crippen molar-refractivity contribution in [3.05, 3.63) is 47.0 Å². The Morgan fingerprint density at radius 1 is 1.47 bits per heavy atom. The van der Waals surface area contributed by atoms with Crippen LogP contribution in [-0.4, -0.2) is 9.55 Å². The fourth-order valence-corrected chi connectivity index (χ4v) is 2.07. The van der Waals surface area contributed by atoms with Gasteiger partial charge in [-0.05, 0) is 32.0 Å². The average molecular weight is 275 g/mol. The number of anilines is 1. The summed E-state index contributed by atoms with van der Waals surface area (Å²) in [6.45, 7) is 4.90. The standard InChI is InChI=1S/C14H15ClN4/c1-10(2)19-9-17-7-13(19)8-18-12-4-3-11(6-16)14(15)5-12/h3-5,7,9-10,18H,8H2,1-2H3. The van der Waals surface area contributed by atoms with Crippen molar-refractivity contribution >= 4 is 17.3 Å². The molecule has 0 amide bonds. The number of aromatic nitrogens is 2. The van der Waals surface area contributed by atoms with E-state index in [2.05, 4.69) is 28.7 Å². The van der Waals surface area contributed by atoms with Crippen LogP contribution < -0.4 is 5.32 Å². The molecule has 0 radical (unpaired) electrons. The van der Waals surface area contributed by atoms with Crippen molar-refractivity contribution in [1.29, 1.82) is 5.26 Å². The molecule has 19 heavy (non-hydrogen) atoms. The predicted octanol–water partition coefficient (Wildman–Crippen LogP) is 3.60. The third-order valence-corrected chi connectivity index (χ3v) is 3.18. The normalized spacial score (nSPS) is 10.5. The molecule has 0 spiro atoms. The van der Waals surface area contributed by atoms with Crippen LogP contribution in [0.3, 0.4) is 0 Å². The largest absolute Gasteiger partial charge is 0.379 e. The van der Waals surface area contributed by atoms with Crippen LogP contribution >= 0.6 is 11.6 Å². The summed E-state index contributed by atoms with van der Waals surface area (Å²) in [6.07, 6.45) is 3.67. The molecule has 2 rings (SSSR count). The molecular formula is C14H15ClN4. The quantitative estimate of drug-likeness (QED) is 0.927. The molecule has 2 aromatic rings. The van der Waals surface area contributed by atoms with Gasteiger partial charge in [0, 0.05) is 17.9 Å². The lowest BCUT2D eigenvalue weighted by molar-refractivity contribution is 0.577. The van der Waals surface area contributed by atoms with E-state index in [1.165, 1.54) is 0 Å². The molecule has 0 saturated carbocycles. The molecule has 98 valence electrons. The van der Waals surface area contributed by atoms with Crippen molar-refractivity contribution in [2.45, 2.75) is 26.4 Å². The number of nitrogens with zero attached hydrogens (tertiary/aromatic N) is 3. The lowest BCUT2D eigenvalue weighted by atomic mass is 10.2. The minimum atomic E-state index is 0.379. The zero-order valence-electron chi connectivity index (χ0n) is 10.9. The number of hydrogen-bond acceptors (Lipinski definition) is 3. The number of imidazole rings is 1. The highest BCUT2D eigenvalue weighted by molar-refractivity contribution is 6.32. The van der Waals surface area contributed by atoms with Crippen LogP contribution in [0.25, 0.3) is 0 Å². The molecule has 0 unspecified atom stereocenters. The number of nitrogens with one attached hydrogen (secondary N) is 1. The molecule has 0 atom stereocenters. The topological polar surface area (TPSA) is 53.6 Å². The van der Waals surface area contributed by atoms with Gasteiger partial charge in [0.25, 0.3) is 0 Å². The van der Waals surface area contributed by atoms with Crippen molar-refractivity contribution in [2.75, 3.05) is 5.32 Å². The van der Waals surface area contributed by atoms with Gasteiger partial charge >= 0.3 is 0 Å². The van der Waals surface area contributed by atoms with Gasteiger partial charge < -0.3 is 9.88 Å². The lowest BCUT2D eigenvalue weighted by Crippen LogP contribution is -2.08. The molecule has 1 heterocycles. The minimum Gasteiger partial charge on any atom is -0.379 e. The van der Waals surface area contributed by atoms with Crippen molar-refractivity contribution in [2.24, 2.45) is 0 Å². The Balaban J connectivity index is 2.09. The Labute approximate surface area is 117 Å². The number of hydrogen-bond donors (Lipinski definition) is 1. The predicted molar refractivity (Wildman–Crippen MR) is 76.1 cm³/mol. The van der Waals surface area contributed by atoms with E-state index in [-0.39, 0.29) is 0 Å². The Bertz CT molecular complexity index is 610. The zero-order chi connectivity index (χ0) is 13.8. The zero-order valence-corrected chi connectivity index (χ0v) is 11.6. The van der Waals surface area contributed by atoms with Crippen LogP contribution in [0.5, 0.6) is 0 Å². The second kappa shape index (κ2) is 5.77. The monoisotopic (exact) mass is 274 g/mol. The van der Waals surface area contributed by atoms with Crippen LogP contribution in [0.4, 0.5) is 5.69 Å². The minimum absolute atomic E-state index is 0.379. The fourth-order valence-electron chi connectivity index (χ4n) is 1.84. The SMILES string of the molecule is CC(C)n1cncc1CNc1ccc(C#N)c(Cl)c1. The molecule has 0 aliphatic carbocycles. The average Bonchev–Trinajstić information content (AvgIpc) is 2.85. The Morgan fingerprint density at radius 3 is 2.89 bits per heavy atom. The van der Waals surface area contributed by atoms with Gasteiger partial charge in [-0.3, -0.25) is 0 Å². The fraction of sp³-hybridized carbons (Fsp3) is 0.286. The van der Waals surface area contributed by atoms with E-state index in [4.69, 9.17) is 16.9 Å². The van der Waals surface area contributed by atoms with E-state index >= 15 is 0 Å². The van der Waals surface area contributed by atoms with Crippen molar-refractivity contribution in [3.63, 3.8) is 0 Å². The molecule has 4 nitrogen and oxygen atoms in total. The number of halogens is 1. The highest BCUT2D eigenvalue weighted by Gasteiger charge is 2.06. The maximum Gasteiger partial charge on any atom is 0.101 e. The summed E-state index contributed by atoms with van der Waals surface area (Å²) in [5.74, 6) is 0. The van der Waals surface area contributed by atoms with Gasteiger partial charge in [0.05, 0.1) is 29.2 Å². The molecule has 1 aromatic carbocycles. The van der Waals surface area contributed by atoms with E-state index in [0.29, 0.717) is 23.2 Å². The van der Waals surface area contributed by atoms with E-state index in [1.54, 1.807) is 12.1 Å². The molecule has 5 heteroatoms. The molecule has 1 aromatic heterocycles. The Morgan fingerprint density at radius 2 is 2.26 bits per heavy atom. The lowest BCUT2D eigenvalue weighted by Gasteiger charge is -2.13. The first-order valence-electron chi connectivity index (χ1n) is 6.06. The Kier molecular flexibility index (Phi) is 4.08. The first kappa shape index (κ1) is 13.4. The Hall–Kier alpha value is -1.99. The van der Waals surface area contributed by atoms with E-state index < -0.39 is 0 Å². The third kappa shape index (κ3) is 3.07. The highest BCUT2D eigenvalue weighted by Crippen LogP contribution is 2.21. The van der Waals surface area contributed by atoms with Gasteiger partial charge in [-0.1, -0.05) is 11.6 Å². The number of benzene rings is 1. The van der Waals surface area contributed by atoms with Crippen molar-refractivity contribution < 1.29 is 0 Å². The first-order valence-corrected chi connectivity index (χ1v) is 6.44. The number of nitriles is 1. The maximum absolute atomic E-state index is 8.82. The van der Waals surface area contributed by atoms with E-state index in [0.717, 1.165) is 11.4 Å². The third-order valence-electron chi connectivity index (χ3n) is 2.87. The summed E-state index contributed by atoms with van der Waals surface area (Å²) in [4.78, 5) is 4.15. The van der Waals surface area contributed by atoms with Crippen LogP contribution in [0.1, 0.15) is 31.1 Å². The van der Waals surface area contributed by atoms with E-state index in [1.807, 2.05) is 24.7 Å². The van der Waals surface area contributed by atoms with Crippen LogP contribution in [-0.2, 0) is 6.54 Å². The maximum atomic E-state index is 8.82. The molecule has 1 N–H and O–H groups in total. The summed E-state index contributed by atoms with van der Waals surface area (Å²) in [5, 5.41) is 12.6. The second-order valence-corrected chi connectivity index (χ2v) is 4.95. The summed E-state index contributed by atoms with van der Waals surface area (Å²) >= 11 is 5.99. The summed E-state index contributed by atoms with van der Waals surface area (Å²) in [6, 6.07) is 7.74. The van der Waals surface area contributed by atoms with Crippen LogP contribution in [0.2, 0.25) is 5.02 Å². The van der Waals surface area contributed by atoms with Gasteiger partial charge in [0.15, 0.2) is 0 Å². The van der Waals surface area contributed by atoms with Gasteiger partial charge in [-0.25, -0.2) is 4.98 Å². The van der Waals surface area contributed by atoms with Gasteiger partial charge in [0.2, 0.25) is 0 Å². The summed E-state index contributed by atoms with van der Waals surface area (Å²) < 4.78 is 2.11. The summed E-state index contributed by atoms with van der Waals surface area (Å²) in [5.41, 5.74) is 2.48. The van der Waals surface area contributed by atoms with Crippen LogP contribution in [0, 0.1) is 11.3 Å². The van der Waals surface area contributed by atoms with Gasteiger partial charge in [-0.15, -0.1) is 0 Å². The van der Waals surface area contributed by atoms with Gasteiger partial charge in [-0.2, -0.15) is 5.26 Å². The second-order valence-electron chi connectivity index (χ2n) is 4.55. The molecule has 0 aliphatic heterocycles. The van der Waals surface area contributed by atoms with Crippen molar-refractivity contribution in [1.82, 2.24) is 9.55 Å². The smallest absolute Gasteiger partial charge is 0.101 e. The molecule has 0 bridgehead atoms. The highest BCUT2D eigenvalue weighted by atomic mass is 35.5. The molecule has 0 fully saturated rings. The van der Waals surface area contributed by atoms with Crippen molar-refractivity contribution in [3.8, 4) is 6.07 Å². The molecule has 0 aliphatic rings. The first-order chi connectivity index (χ1) is 9.11. The molecule has 0 saturated heterocycles.